The number of carbonyl (C=O) groups excluding carboxylic acids is 2. The highest BCUT2D eigenvalue weighted by atomic mass is 35.5. The van der Waals surface area contributed by atoms with Crippen molar-refractivity contribution >= 4 is 41.2 Å². The number of carbonyl (C=O) groups is 2. The molecule has 0 radical (unpaired) electrons. The highest BCUT2D eigenvalue weighted by molar-refractivity contribution is 6.36. The molecule has 2 amide bonds. The van der Waals surface area contributed by atoms with Gasteiger partial charge in [0.15, 0.2) is 6.29 Å². The van der Waals surface area contributed by atoms with Crippen LogP contribution in [0.3, 0.4) is 0 Å². The van der Waals surface area contributed by atoms with Crippen LogP contribution in [0.25, 0.3) is 0 Å². The van der Waals surface area contributed by atoms with Crippen LogP contribution in [0.5, 0.6) is 0 Å². The molecule has 1 aliphatic rings. The standard InChI is InChI=1S/C17H21Cl2N3O8/c1-28-15-14(26)13(25)12(24)10(30-15)6-29-17(27)22-16(20)21-11(23)5-7-8(18)3-2-4-9(7)19/h2-4,10,12-15,24-26H,5-6H2,1H3,(H3,20,21,22,23,27)/t10?,12-,13+,14-,15+/m1/s1. The monoisotopic (exact) mass is 465 g/mol. The summed E-state index contributed by atoms with van der Waals surface area (Å²) in [6.07, 6.45) is -8.40. The lowest BCUT2D eigenvalue weighted by Gasteiger charge is -2.39. The number of benzene rings is 1. The van der Waals surface area contributed by atoms with Gasteiger partial charge in [0.05, 0.1) is 6.42 Å². The Morgan fingerprint density at radius 2 is 1.83 bits per heavy atom. The Bertz CT molecular complexity index is 787. The number of hydrogen-bond acceptors (Lipinski definition) is 8. The van der Waals surface area contributed by atoms with E-state index in [2.05, 4.69) is 10.3 Å². The van der Waals surface area contributed by atoms with Crippen molar-refractivity contribution in [1.29, 1.82) is 0 Å². The largest absolute Gasteiger partial charge is 0.445 e. The third-order valence-electron chi connectivity index (χ3n) is 4.15. The quantitative estimate of drug-likeness (QED) is 0.285. The number of amides is 2. The Balaban J connectivity index is 1.87. The topological polar surface area (TPSA) is 173 Å². The average Bonchev–Trinajstić information content (AvgIpc) is 2.68. The number of ether oxygens (including phenoxy) is 3. The van der Waals surface area contributed by atoms with Crippen molar-refractivity contribution in [2.45, 2.75) is 37.1 Å². The summed E-state index contributed by atoms with van der Waals surface area (Å²) in [6, 6.07) is 4.76. The fourth-order valence-electron chi connectivity index (χ4n) is 2.61. The molecule has 5 atom stereocenters. The first kappa shape index (κ1) is 24.3. The van der Waals surface area contributed by atoms with E-state index in [0.717, 1.165) is 0 Å². The summed E-state index contributed by atoms with van der Waals surface area (Å²) in [4.78, 5) is 27.2. The molecule has 1 fully saturated rings. The molecule has 0 aromatic heterocycles. The molecule has 0 spiro atoms. The molecule has 0 saturated carbocycles. The number of nitrogens with one attached hydrogen (secondary N) is 1. The van der Waals surface area contributed by atoms with E-state index < -0.39 is 55.3 Å². The minimum absolute atomic E-state index is 0.204. The second kappa shape index (κ2) is 10.9. The minimum Gasteiger partial charge on any atom is -0.445 e. The SMILES string of the molecule is CO[C@H]1OC(COC(=O)N=C(N)NC(=O)Cc2c(Cl)cccc2Cl)[C@@H](O)[C@H](O)[C@H]1O. The summed E-state index contributed by atoms with van der Waals surface area (Å²) >= 11 is 12.0. The van der Waals surface area contributed by atoms with E-state index in [0.29, 0.717) is 15.6 Å². The van der Waals surface area contributed by atoms with E-state index >= 15 is 0 Å². The summed E-state index contributed by atoms with van der Waals surface area (Å²) in [6.45, 7) is -0.524. The summed E-state index contributed by atoms with van der Waals surface area (Å²) in [5, 5.41) is 32.1. The molecular weight excluding hydrogens is 445 g/mol. The summed E-state index contributed by atoms with van der Waals surface area (Å²) < 4.78 is 14.8. The number of methoxy groups -OCH3 is 1. The normalized spacial score (nSPS) is 26.9. The zero-order valence-electron chi connectivity index (χ0n) is 15.7. The molecule has 13 heteroatoms. The van der Waals surface area contributed by atoms with Gasteiger partial charge in [-0.15, -0.1) is 4.99 Å². The zero-order chi connectivity index (χ0) is 22.4. The van der Waals surface area contributed by atoms with Gasteiger partial charge >= 0.3 is 6.09 Å². The third kappa shape index (κ3) is 6.25. The molecule has 6 N–H and O–H groups in total. The van der Waals surface area contributed by atoms with Crippen molar-refractivity contribution < 1.29 is 39.1 Å². The smallest absolute Gasteiger partial charge is 0.436 e. The predicted octanol–water partition coefficient (Wildman–Crippen LogP) is -0.443. The summed E-state index contributed by atoms with van der Waals surface area (Å²) in [7, 11) is 1.23. The van der Waals surface area contributed by atoms with Gasteiger partial charge in [0.2, 0.25) is 11.9 Å². The van der Waals surface area contributed by atoms with Gasteiger partial charge in [0.25, 0.3) is 0 Å². The van der Waals surface area contributed by atoms with Crippen LogP contribution in [0.2, 0.25) is 10.0 Å². The molecule has 1 aromatic carbocycles. The maximum absolute atomic E-state index is 12.0. The van der Waals surface area contributed by atoms with Crippen molar-refractivity contribution in [2.24, 2.45) is 10.7 Å². The van der Waals surface area contributed by atoms with Gasteiger partial charge in [0.1, 0.15) is 31.0 Å². The summed E-state index contributed by atoms with van der Waals surface area (Å²) in [5.74, 6) is -1.16. The Labute approximate surface area is 181 Å². The number of guanidine groups is 1. The van der Waals surface area contributed by atoms with Crippen LogP contribution in [-0.2, 0) is 25.4 Å². The first-order chi connectivity index (χ1) is 14.1. The Kier molecular flexibility index (Phi) is 8.79. The first-order valence-corrected chi connectivity index (χ1v) is 9.35. The number of hydrogen-bond donors (Lipinski definition) is 5. The van der Waals surface area contributed by atoms with Crippen LogP contribution in [0, 0.1) is 0 Å². The number of halogens is 2. The molecule has 1 aromatic rings. The van der Waals surface area contributed by atoms with Gasteiger partial charge in [-0.05, 0) is 17.7 Å². The van der Waals surface area contributed by atoms with Crippen molar-refractivity contribution in [1.82, 2.24) is 5.32 Å². The maximum Gasteiger partial charge on any atom is 0.436 e. The van der Waals surface area contributed by atoms with Gasteiger partial charge in [-0.3, -0.25) is 10.1 Å². The highest BCUT2D eigenvalue weighted by Gasteiger charge is 2.44. The molecule has 0 aliphatic carbocycles. The van der Waals surface area contributed by atoms with E-state index in [1.807, 2.05) is 0 Å². The first-order valence-electron chi connectivity index (χ1n) is 8.60. The molecule has 1 aliphatic heterocycles. The number of aliphatic hydroxyl groups is 3. The Morgan fingerprint density at radius 3 is 2.43 bits per heavy atom. The van der Waals surface area contributed by atoms with Crippen LogP contribution in [0.15, 0.2) is 23.2 Å². The zero-order valence-corrected chi connectivity index (χ0v) is 17.2. The van der Waals surface area contributed by atoms with E-state index in [4.69, 9.17) is 43.1 Å². The number of rotatable bonds is 5. The molecule has 2 rings (SSSR count). The predicted molar refractivity (Wildman–Crippen MR) is 105 cm³/mol. The Hall–Kier alpha value is -1.99. The van der Waals surface area contributed by atoms with Gasteiger partial charge in [-0.25, -0.2) is 4.79 Å². The van der Waals surface area contributed by atoms with Gasteiger partial charge in [0, 0.05) is 17.2 Å². The maximum atomic E-state index is 12.0. The molecule has 166 valence electrons. The highest BCUT2D eigenvalue weighted by Crippen LogP contribution is 2.24. The second-order valence-electron chi connectivity index (χ2n) is 6.25. The van der Waals surface area contributed by atoms with Crippen LogP contribution >= 0.6 is 23.2 Å². The number of nitrogens with zero attached hydrogens (tertiary/aromatic N) is 1. The lowest BCUT2D eigenvalue weighted by atomic mass is 9.99. The van der Waals surface area contributed by atoms with Crippen LogP contribution in [0.4, 0.5) is 4.79 Å². The van der Waals surface area contributed by atoms with Crippen LogP contribution < -0.4 is 11.1 Å². The molecule has 1 unspecified atom stereocenters. The average molecular weight is 466 g/mol. The minimum atomic E-state index is -1.57. The van der Waals surface area contributed by atoms with Crippen LogP contribution in [-0.4, -0.2) is 77.7 Å². The van der Waals surface area contributed by atoms with Crippen molar-refractivity contribution in [3.8, 4) is 0 Å². The molecule has 30 heavy (non-hydrogen) atoms. The van der Waals surface area contributed by atoms with E-state index in [-0.39, 0.29) is 6.42 Å². The lowest BCUT2D eigenvalue weighted by molar-refractivity contribution is -0.294. The van der Waals surface area contributed by atoms with Gasteiger partial charge in [-0.1, -0.05) is 29.3 Å². The van der Waals surface area contributed by atoms with E-state index in [1.54, 1.807) is 18.2 Å². The summed E-state index contributed by atoms with van der Waals surface area (Å²) in [5.41, 5.74) is 5.88. The van der Waals surface area contributed by atoms with Crippen LogP contribution in [0.1, 0.15) is 5.56 Å². The van der Waals surface area contributed by atoms with Gasteiger partial charge < -0.3 is 35.3 Å². The number of nitrogens with two attached hydrogens (primary N) is 1. The molecule has 11 nitrogen and oxygen atoms in total. The fraction of sp³-hybridized carbons (Fsp3) is 0.471. The van der Waals surface area contributed by atoms with Gasteiger partial charge in [-0.2, -0.15) is 0 Å². The Morgan fingerprint density at radius 1 is 1.20 bits per heavy atom. The second-order valence-corrected chi connectivity index (χ2v) is 7.06. The molecule has 1 saturated heterocycles. The molecule has 0 bridgehead atoms. The molecule has 1 heterocycles. The third-order valence-corrected chi connectivity index (χ3v) is 4.86. The number of aliphatic imine (C=N–C) groups is 1. The molecular formula is C17H21Cl2N3O8. The van der Waals surface area contributed by atoms with Crippen molar-refractivity contribution in [3.63, 3.8) is 0 Å². The van der Waals surface area contributed by atoms with E-state index in [1.165, 1.54) is 7.11 Å². The van der Waals surface area contributed by atoms with Crippen molar-refractivity contribution in [3.05, 3.63) is 33.8 Å². The fourth-order valence-corrected chi connectivity index (χ4v) is 3.14. The number of aliphatic hydroxyl groups excluding tert-OH is 3. The lowest BCUT2D eigenvalue weighted by Crippen LogP contribution is -2.59. The van der Waals surface area contributed by atoms with Crippen molar-refractivity contribution in [2.75, 3.05) is 13.7 Å². The van der Waals surface area contributed by atoms with E-state index in [9.17, 15) is 24.9 Å².